The van der Waals surface area contributed by atoms with Crippen molar-refractivity contribution < 1.29 is 0 Å². The van der Waals surface area contributed by atoms with Crippen LogP contribution in [0.3, 0.4) is 0 Å². The topological polar surface area (TPSA) is 23.8 Å². The van der Waals surface area contributed by atoms with E-state index in [0.717, 1.165) is 6.42 Å². The zero-order valence-corrected chi connectivity index (χ0v) is 8.40. The van der Waals surface area contributed by atoms with Crippen molar-refractivity contribution in [2.75, 3.05) is 0 Å². The van der Waals surface area contributed by atoms with E-state index >= 15 is 0 Å². The molecular weight excluding hydrogens is 182 g/mol. The summed E-state index contributed by atoms with van der Waals surface area (Å²) in [6.07, 6.45) is 1.66. The molecule has 0 bridgehead atoms. The normalized spacial score (nSPS) is 17.9. The minimum Gasteiger partial charge on any atom is -0.198 e. The Morgan fingerprint density at radius 3 is 2.80 bits per heavy atom. The highest BCUT2D eigenvalue weighted by atomic mass is 14.3. The van der Waals surface area contributed by atoms with Crippen LogP contribution >= 0.6 is 0 Å². The lowest BCUT2D eigenvalue weighted by molar-refractivity contribution is 0.734. The van der Waals surface area contributed by atoms with Crippen LogP contribution in [0.15, 0.2) is 36.4 Å². The van der Waals surface area contributed by atoms with Crippen molar-refractivity contribution in [1.29, 1.82) is 5.26 Å². The Kier molecular flexibility index (Phi) is 1.76. The Labute approximate surface area is 89.0 Å². The van der Waals surface area contributed by atoms with E-state index in [0.29, 0.717) is 12.3 Å². The molecular formula is C14H11N. The SMILES string of the molecule is N#CC[C@@H]1Cc2cccc3cccc1c23. The van der Waals surface area contributed by atoms with Gasteiger partial charge in [0, 0.05) is 12.3 Å². The summed E-state index contributed by atoms with van der Waals surface area (Å²) in [5.74, 6) is 0.413. The van der Waals surface area contributed by atoms with Crippen LogP contribution < -0.4 is 0 Å². The second-order valence-electron chi connectivity index (χ2n) is 4.13. The molecule has 0 heterocycles. The first-order chi connectivity index (χ1) is 7.40. The first-order valence-corrected chi connectivity index (χ1v) is 5.27. The summed E-state index contributed by atoms with van der Waals surface area (Å²) in [6.45, 7) is 0. The molecule has 0 radical (unpaired) electrons. The molecule has 0 saturated heterocycles. The van der Waals surface area contributed by atoms with Crippen LogP contribution in [-0.4, -0.2) is 0 Å². The lowest BCUT2D eigenvalue weighted by Gasteiger charge is -2.05. The number of benzene rings is 2. The van der Waals surface area contributed by atoms with Gasteiger partial charge in [0.25, 0.3) is 0 Å². The summed E-state index contributed by atoms with van der Waals surface area (Å²) >= 11 is 0. The van der Waals surface area contributed by atoms with Crippen LogP contribution in [0.4, 0.5) is 0 Å². The Bertz CT molecular complexity index is 558. The van der Waals surface area contributed by atoms with Crippen LogP contribution in [-0.2, 0) is 6.42 Å². The third kappa shape index (κ3) is 1.15. The lowest BCUT2D eigenvalue weighted by atomic mass is 9.97. The highest BCUT2D eigenvalue weighted by Gasteiger charge is 2.23. The van der Waals surface area contributed by atoms with E-state index in [1.54, 1.807) is 0 Å². The van der Waals surface area contributed by atoms with Gasteiger partial charge in [0.05, 0.1) is 6.07 Å². The molecule has 1 aliphatic rings. The Balaban J connectivity index is 2.28. The van der Waals surface area contributed by atoms with Gasteiger partial charge in [0.15, 0.2) is 0 Å². The molecule has 15 heavy (non-hydrogen) atoms. The van der Waals surface area contributed by atoms with Crippen LogP contribution in [0.5, 0.6) is 0 Å². The van der Waals surface area contributed by atoms with E-state index < -0.39 is 0 Å². The third-order valence-corrected chi connectivity index (χ3v) is 3.27. The fourth-order valence-electron chi connectivity index (χ4n) is 2.63. The molecule has 0 aliphatic heterocycles. The molecule has 0 saturated carbocycles. The molecule has 0 spiro atoms. The average Bonchev–Trinajstić information content (AvgIpc) is 2.61. The number of nitriles is 1. The summed E-state index contributed by atoms with van der Waals surface area (Å²) in [7, 11) is 0. The van der Waals surface area contributed by atoms with Crippen LogP contribution in [0.1, 0.15) is 23.5 Å². The average molecular weight is 193 g/mol. The van der Waals surface area contributed by atoms with Crippen molar-refractivity contribution in [3.8, 4) is 6.07 Å². The van der Waals surface area contributed by atoms with Gasteiger partial charge in [-0.3, -0.25) is 0 Å². The fourth-order valence-corrected chi connectivity index (χ4v) is 2.63. The third-order valence-electron chi connectivity index (χ3n) is 3.27. The van der Waals surface area contributed by atoms with E-state index in [2.05, 4.69) is 42.5 Å². The predicted octanol–water partition coefficient (Wildman–Crippen LogP) is 3.39. The summed E-state index contributed by atoms with van der Waals surface area (Å²) in [4.78, 5) is 0. The zero-order valence-electron chi connectivity index (χ0n) is 8.40. The highest BCUT2D eigenvalue weighted by molar-refractivity contribution is 5.91. The zero-order chi connectivity index (χ0) is 10.3. The molecule has 0 aromatic heterocycles. The van der Waals surface area contributed by atoms with Gasteiger partial charge < -0.3 is 0 Å². The first kappa shape index (κ1) is 8.49. The maximum Gasteiger partial charge on any atom is 0.0628 e. The van der Waals surface area contributed by atoms with Crippen molar-refractivity contribution in [2.24, 2.45) is 0 Å². The second-order valence-corrected chi connectivity index (χ2v) is 4.13. The summed E-state index contributed by atoms with van der Waals surface area (Å²) < 4.78 is 0. The Morgan fingerprint density at radius 1 is 1.20 bits per heavy atom. The molecule has 1 aliphatic carbocycles. The van der Waals surface area contributed by atoms with Crippen molar-refractivity contribution in [1.82, 2.24) is 0 Å². The van der Waals surface area contributed by atoms with E-state index in [4.69, 9.17) is 5.26 Å². The van der Waals surface area contributed by atoms with Crippen molar-refractivity contribution >= 4 is 10.8 Å². The van der Waals surface area contributed by atoms with Crippen LogP contribution in [0.25, 0.3) is 10.8 Å². The van der Waals surface area contributed by atoms with Crippen molar-refractivity contribution in [3.05, 3.63) is 47.5 Å². The van der Waals surface area contributed by atoms with Gasteiger partial charge >= 0.3 is 0 Å². The lowest BCUT2D eigenvalue weighted by Crippen LogP contribution is -1.93. The maximum absolute atomic E-state index is 8.81. The van der Waals surface area contributed by atoms with Crippen molar-refractivity contribution in [3.63, 3.8) is 0 Å². The standard InChI is InChI=1S/C14H11N/c15-8-7-11-9-12-5-1-3-10-4-2-6-13(11)14(10)12/h1-6,11H,7,9H2/t11-/m1/s1. The largest absolute Gasteiger partial charge is 0.198 e. The Morgan fingerprint density at radius 2 is 2.00 bits per heavy atom. The van der Waals surface area contributed by atoms with E-state index in [1.807, 2.05) is 0 Å². The smallest absolute Gasteiger partial charge is 0.0628 e. The van der Waals surface area contributed by atoms with Gasteiger partial charge in [0.2, 0.25) is 0 Å². The number of nitrogens with zero attached hydrogens (tertiary/aromatic N) is 1. The number of hydrogen-bond acceptors (Lipinski definition) is 1. The van der Waals surface area contributed by atoms with Crippen LogP contribution in [0.2, 0.25) is 0 Å². The Hall–Kier alpha value is -1.81. The van der Waals surface area contributed by atoms with Gasteiger partial charge in [-0.05, 0) is 28.3 Å². The molecule has 72 valence electrons. The summed E-state index contributed by atoms with van der Waals surface area (Å²) in [5, 5.41) is 11.5. The quantitative estimate of drug-likeness (QED) is 0.681. The molecule has 1 atom stereocenters. The number of rotatable bonds is 1. The minimum atomic E-state index is 0.413. The van der Waals surface area contributed by atoms with Gasteiger partial charge in [-0.25, -0.2) is 0 Å². The van der Waals surface area contributed by atoms with Crippen molar-refractivity contribution in [2.45, 2.75) is 18.8 Å². The van der Waals surface area contributed by atoms with E-state index in [-0.39, 0.29) is 0 Å². The van der Waals surface area contributed by atoms with Gasteiger partial charge in [-0.2, -0.15) is 5.26 Å². The van der Waals surface area contributed by atoms with Crippen LogP contribution in [0, 0.1) is 11.3 Å². The molecule has 0 amide bonds. The maximum atomic E-state index is 8.81. The van der Waals surface area contributed by atoms with E-state index in [9.17, 15) is 0 Å². The molecule has 2 aromatic rings. The van der Waals surface area contributed by atoms with E-state index in [1.165, 1.54) is 21.9 Å². The predicted molar refractivity (Wildman–Crippen MR) is 60.6 cm³/mol. The monoisotopic (exact) mass is 193 g/mol. The van der Waals surface area contributed by atoms with Gasteiger partial charge in [-0.1, -0.05) is 36.4 Å². The molecule has 0 unspecified atom stereocenters. The minimum absolute atomic E-state index is 0.413. The number of hydrogen-bond donors (Lipinski definition) is 0. The fraction of sp³-hybridized carbons (Fsp3) is 0.214. The molecule has 3 rings (SSSR count). The second kappa shape index (κ2) is 3.10. The highest BCUT2D eigenvalue weighted by Crippen LogP contribution is 2.39. The molecule has 1 nitrogen and oxygen atoms in total. The molecule has 1 heteroatoms. The van der Waals surface area contributed by atoms with Gasteiger partial charge in [-0.15, -0.1) is 0 Å². The molecule has 0 N–H and O–H groups in total. The summed E-state index contributed by atoms with van der Waals surface area (Å²) in [6, 6.07) is 15.1. The molecule has 0 fully saturated rings. The summed E-state index contributed by atoms with van der Waals surface area (Å²) in [5.41, 5.74) is 2.77. The molecule has 2 aromatic carbocycles. The first-order valence-electron chi connectivity index (χ1n) is 5.27. The van der Waals surface area contributed by atoms with Gasteiger partial charge in [0.1, 0.15) is 0 Å².